The first-order valence-electron chi connectivity index (χ1n) is 6.19. The molecule has 0 fully saturated rings. The van der Waals surface area contributed by atoms with Crippen LogP contribution in [0.2, 0.25) is 0 Å². The second-order valence-corrected chi connectivity index (χ2v) is 4.10. The summed E-state index contributed by atoms with van der Waals surface area (Å²) in [6, 6.07) is 18.2. The highest BCUT2D eigenvalue weighted by atomic mass is 16.5. The largest absolute Gasteiger partial charge is 0.496 e. The van der Waals surface area contributed by atoms with E-state index in [2.05, 4.69) is 0 Å². The molecule has 0 aromatic heterocycles. The molecule has 0 spiro atoms. The maximum Gasteiger partial charge on any atom is 0.131 e. The molecule has 0 N–H and O–H groups in total. The lowest BCUT2D eigenvalue weighted by Gasteiger charge is -2.09. The Kier molecular flexibility index (Phi) is 4.58. The van der Waals surface area contributed by atoms with Crippen molar-refractivity contribution in [2.24, 2.45) is 0 Å². The zero-order valence-corrected chi connectivity index (χ0v) is 11.4. The van der Waals surface area contributed by atoms with Crippen molar-refractivity contribution in [1.29, 1.82) is 10.5 Å². The van der Waals surface area contributed by atoms with E-state index in [0.717, 1.165) is 5.75 Å². The van der Waals surface area contributed by atoms with Crippen molar-refractivity contribution < 1.29 is 9.47 Å². The third-order valence-corrected chi connectivity index (χ3v) is 2.72. The van der Waals surface area contributed by atoms with Crippen LogP contribution in [0.3, 0.4) is 0 Å². The Balaban J connectivity index is 2.31. The Morgan fingerprint density at radius 2 is 1.71 bits per heavy atom. The number of allylic oxidation sites excluding steroid dienone is 1. The Labute approximate surface area is 123 Å². The summed E-state index contributed by atoms with van der Waals surface area (Å²) in [5, 5.41) is 17.6. The molecule has 4 nitrogen and oxygen atoms in total. The van der Waals surface area contributed by atoms with Crippen LogP contribution in [-0.4, -0.2) is 7.11 Å². The number of benzene rings is 2. The van der Waals surface area contributed by atoms with E-state index >= 15 is 0 Å². The van der Waals surface area contributed by atoms with Gasteiger partial charge in [0.05, 0.1) is 7.11 Å². The molecular formula is C17H12N2O2. The van der Waals surface area contributed by atoms with Crippen LogP contribution in [0.25, 0.3) is 6.08 Å². The molecule has 0 saturated carbocycles. The van der Waals surface area contributed by atoms with Crippen molar-refractivity contribution in [3.63, 3.8) is 0 Å². The molecule has 2 aromatic carbocycles. The molecule has 0 aliphatic rings. The van der Waals surface area contributed by atoms with Crippen LogP contribution in [0, 0.1) is 22.7 Å². The molecule has 21 heavy (non-hydrogen) atoms. The third-order valence-electron chi connectivity index (χ3n) is 2.72. The van der Waals surface area contributed by atoms with Crippen molar-refractivity contribution in [2.45, 2.75) is 0 Å². The van der Waals surface area contributed by atoms with Gasteiger partial charge in [0, 0.05) is 11.6 Å². The number of hydrogen-bond acceptors (Lipinski definition) is 4. The Hall–Kier alpha value is -3.24. The van der Waals surface area contributed by atoms with Crippen LogP contribution in [-0.2, 0) is 0 Å². The lowest BCUT2D eigenvalue weighted by atomic mass is 10.1. The fourth-order valence-electron chi connectivity index (χ4n) is 1.74. The van der Waals surface area contributed by atoms with E-state index in [1.165, 1.54) is 13.2 Å². The summed E-state index contributed by atoms with van der Waals surface area (Å²) in [6.07, 6.45) is 1.48. The number of para-hydroxylation sites is 1. The van der Waals surface area contributed by atoms with E-state index in [-0.39, 0.29) is 5.57 Å². The van der Waals surface area contributed by atoms with Crippen molar-refractivity contribution >= 4 is 6.08 Å². The first-order valence-corrected chi connectivity index (χ1v) is 6.19. The van der Waals surface area contributed by atoms with E-state index in [1.54, 1.807) is 18.2 Å². The SMILES string of the molecule is COc1cc(Oc2ccccc2)ccc1C=C(C#N)C#N. The smallest absolute Gasteiger partial charge is 0.131 e. The zero-order chi connectivity index (χ0) is 15.1. The van der Waals surface area contributed by atoms with Crippen LogP contribution in [0.5, 0.6) is 17.2 Å². The summed E-state index contributed by atoms with van der Waals surface area (Å²) in [4.78, 5) is 0. The number of methoxy groups -OCH3 is 1. The Morgan fingerprint density at radius 1 is 1.00 bits per heavy atom. The summed E-state index contributed by atoms with van der Waals surface area (Å²) in [7, 11) is 1.53. The molecule has 0 saturated heterocycles. The van der Waals surface area contributed by atoms with E-state index in [4.69, 9.17) is 20.0 Å². The van der Waals surface area contributed by atoms with Crippen molar-refractivity contribution in [3.8, 4) is 29.4 Å². The molecule has 102 valence electrons. The van der Waals surface area contributed by atoms with Gasteiger partial charge in [0.2, 0.25) is 0 Å². The maximum atomic E-state index is 8.79. The summed E-state index contributed by atoms with van der Waals surface area (Å²) in [5.41, 5.74) is 0.668. The van der Waals surface area contributed by atoms with Gasteiger partial charge in [-0.25, -0.2) is 0 Å². The molecule has 0 bridgehead atoms. The van der Waals surface area contributed by atoms with Crippen LogP contribution >= 0.6 is 0 Å². The summed E-state index contributed by atoms with van der Waals surface area (Å²) >= 11 is 0. The van der Waals surface area contributed by atoms with E-state index in [1.807, 2.05) is 42.5 Å². The lowest BCUT2D eigenvalue weighted by molar-refractivity contribution is 0.408. The van der Waals surface area contributed by atoms with Crippen LogP contribution in [0.4, 0.5) is 0 Å². The lowest BCUT2D eigenvalue weighted by Crippen LogP contribution is -1.90. The average molecular weight is 276 g/mol. The maximum absolute atomic E-state index is 8.79. The molecule has 0 atom stereocenters. The van der Waals surface area contributed by atoms with Crippen molar-refractivity contribution in [3.05, 3.63) is 59.7 Å². The first kappa shape index (κ1) is 14.2. The highest BCUT2D eigenvalue weighted by Gasteiger charge is 2.05. The highest BCUT2D eigenvalue weighted by molar-refractivity contribution is 5.67. The Bertz CT molecular complexity index is 722. The zero-order valence-electron chi connectivity index (χ0n) is 11.4. The fraction of sp³-hybridized carbons (Fsp3) is 0.0588. The van der Waals surface area contributed by atoms with E-state index in [0.29, 0.717) is 17.1 Å². The van der Waals surface area contributed by atoms with E-state index in [9.17, 15) is 0 Å². The quantitative estimate of drug-likeness (QED) is 0.794. The topological polar surface area (TPSA) is 66.0 Å². The van der Waals surface area contributed by atoms with Gasteiger partial charge in [-0.05, 0) is 30.3 Å². The molecule has 0 aliphatic heterocycles. The number of ether oxygens (including phenoxy) is 2. The molecular weight excluding hydrogens is 264 g/mol. The molecule has 0 aliphatic carbocycles. The van der Waals surface area contributed by atoms with Gasteiger partial charge in [-0.15, -0.1) is 0 Å². The second-order valence-electron chi connectivity index (χ2n) is 4.10. The van der Waals surface area contributed by atoms with Crippen molar-refractivity contribution in [1.82, 2.24) is 0 Å². The van der Waals surface area contributed by atoms with Crippen molar-refractivity contribution in [2.75, 3.05) is 7.11 Å². The fourth-order valence-corrected chi connectivity index (χ4v) is 1.74. The monoisotopic (exact) mass is 276 g/mol. The van der Waals surface area contributed by atoms with Crippen LogP contribution < -0.4 is 9.47 Å². The standard InChI is InChI=1S/C17H12N2O2/c1-20-17-10-16(21-15-5-3-2-4-6-15)8-7-14(17)9-13(11-18)12-19/h2-10H,1H3. The predicted octanol–water partition coefficient (Wildman–Crippen LogP) is 3.92. The molecule has 0 amide bonds. The average Bonchev–Trinajstić information content (AvgIpc) is 2.54. The number of nitriles is 2. The Morgan fingerprint density at radius 3 is 2.33 bits per heavy atom. The molecule has 4 heteroatoms. The minimum atomic E-state index is 0.0185. The summed E-state index contributed by atoms with van der Waals surface area (Å²) in [5.74, 6) is 1.87. The van der Waals surface area contributed by atoms with Gasteiger partial charge in [-0.3, -0.25) is 0 Å². The van der Waals surface area contributed by atoms with Crippen LogP contribution in [0.1, 0.15) is 5.56 Å². The van der Waals surface area contributed by atoms with Gasteiger partial charge >= 0.3 is 0 Å². The third kappa shape index (κ3) is 3.62. The number of hydrogen-bond donors (Lipinski definition) is 0. The minimum absolute atomic E-state index is 0.0185. The minimum Gasteiger partial charge on any atom is -0.496 e. The predicted molar refractivity (Wildman–Crippen MR) is 78.7 cm³/mol. The van der Waals surface area contributed by atoms with E-state index < -0.39 is 0 Å². The first-order chi connectivity index (χ1) is 10.3. The molecule has 2 aromatic rings. The highest BCUT2D eigenvalue weighted by Crippen LogP contribution is 2.29. The van der Waals surface area contributed by atoms with Gasteiger partial charge in [0.1, 0.15) is 35.0 Å². The normalized spacial score (nSPS) is 9.10. The van der Waals surface area contributed by atoms with Gasteiger partial charge in [0.15, 0.2) is 0 Å². The molecule has 0 heterocycles. The number of rotatable bonds is 4. The second kappa shape index (κ2) is 6.79. The van der Waals surface area contributed by atoms with Gasteiger partial charge < -0.3 is 9.47 Å². The van der Waals surface area contributed by atoms with Gasteiger partial charge in [-0.1, -0.05) is 18.2 Å². The number of nitrogens with zero attached hydrogens (tertiary/aromatic N) is 2. The van der Waals surface area contributed by atoms with Crippen LogP contribution in [0.15, 0.2) is 54.1 Å². The summed E-state index contributed by atoms with van der Waals surface area (Å²) < 4.78 is 11.0. The molecule has 0 radical (unpaired) electrons. The van der Waals surface area contributed by atoms with Gasteiger partial charge in [-0.2, -0.15) is 10.5 Å². The molecule has 0 unspecified atom stereocenters. The summed E-state index contributed by atoms with van der Waals surface area (Å²) in [6.45, 7) is 0. The van der Waals surface area contributed by atoms with Gasteiger partial charge in [0.25, 0.3) is 0 Å². The molecule has 2 rings (SSSR count).